The third-order valence-corrected chi connectivity index (χ3v) is 4.24. The van der Waals surface area contributed by atoms with E-state index in [1.807, 2.05) is 0 Å². The van der Waals surface area contributed by atoms with Crippen LogP contribution in [-0.4, -0.2) is 50.8 Å². The Morgan fingerprint density at radius 3 is 2.42 bits per heavy atom. The molecule has 4 rings (SSSR count). The van der Waals surface area contributed by atoms with E-state index in [9.17, 15) is 9.18 Å². The molecule has 0 atom stereocenters. The van der Waals surface area contributed by atoms with Crippen molar-refractivity contribution in [1.29, 1.82) is 0 Å². The molecule has 1 saturated heterocycles. The van der Waals surface area contributed by atoms with Gasteiger partial charge in [0.25, 0.3) is 0 Å². The maximum Gasteiger partial charge on any atom is 0.438 e. The normalized spacial score (nSPS) is 15.3. The fourth-order valence-corrected chi connectivity index (χ4v) is 2.84. The Labute approximate surface area is 148 Å². The van der Waals surface area contributed by atoms with Crippen molar-refractivity contribution in [3.05, 3.63) is 59.1 Å². The molecule has 134 valence electrons. The van der Waals surface area contributed by atoms with E-state index in [1.165, 1.54) is 28.9 Å². The Hall–Kier alpha value is -3.07. The van der Waals surface area contributed by atoms with Gasteiger partial charge in [-0.15, -0.1) is 5.10 Å². The average Bonchev–Trinajstić information content (AvgIpc) is 3.04. The molecule has 0 bridgehead atoms. The molecule has 1 aliphatic heterocycles. The smallest absolute Gasteiger partial charge is 0.388 e. The van der Waals surface area contributed by atoms with Crippen molar-refractivity contribution < 1.29 is 8.81 Å². The SMILES string of the molecule is O=c1oc(-c2ccc(F)cc2)nn1CN1CCN(c2ncccn2)CC1. The molecule has 0 radical (unpaired) electrons. The second-order valence-electron chi connectivity index (χ2n) is 5.97. The van der Waals surface area contributed by atoms with E-state index in [4.69, 9.17) is 4.42 Å². The number of hydrogen-bond acceptors (Lipinski definition) is 7. The number of anilines is 1. The number of hydrogen-bond donors (Lipinski definition) is 0. The molecule has 0 aliphatic carbocycles. The van der Waals surface area contributed by atoms with Crippen molar-refractivity contribution >= 4 is 5.95 Å². The predicted molar refractivity (Wildman–Crippen MR) is 92.0 cm³/mol. The first-order valence-electron chi connectivity index (χ1n) is 8.27. The summed E-state index contributed by atoms with van der Waals surface area (Å²) in [5.74, 6) is 0.0182. The van der Waals surface area contributed by atoms with Crippen molar-refractivity contribution in [1.82, 2.24) is 24.6 Å². The second-order valence-corrected chi connectivity index (χ2v) is 5.97. The minimum atomic E-state index is -0.529. The van der Waals surface area contributed by atoms with Gasteiger partial charge in [-0.05, 0) is 30.3 Å². The molecule has 1 aliphatic rings. The van der Waals surface area contributed by atoms with Crippen LogP contribution in [0.4, 0.5) is 10.3 Å². The Balaban J connectivity index is 1.41. The van der Waals surface area contributed by atoms with Gasteiger partial charge >= 0.3 is 5.76 Å². The Bertz CT molecular complexity index is 916. The number of halogens is 1. The first-order chi connectivity index (χ1) is 12.7. The van der Waals surface area contributed by atoms with E-state index < -0.39 is 5.76 Å². The Morgan fingerprint density at radius 2 is 1.73 bits per heavy atom. The minimum Gasteiger partial charge on any atom is -0.388 e. The molecule has 0 amide bonds. The summed E-state index contributed by atoms with van der Waals surface area (Å²) in [6.07, 6.45) is 3.45. The Kier molecular flexibility index (Phi) is 4.44. The van der Waals surface area contributed by atoms with Crippen LogP contribution in [0.5, 0.6) is 0 Å². The first kappa shape index (κ1) is 16.4. The van der Waals surface area contributed by atoms with Crippen LogP contribution in [-0.2, 0) is 6.67 Å². The van der Waals surface area contributed by atoms with Crippen LogP contribution >= 0.6 is 0 Å². The molecule has 0 saturated carbocycles. The van der Waals surface area contributed by atoms with Crippen molar-refractivity contribution in [3.8, 4) is 11.5 Å². The molecule has 0 unspecified atom stereocenters. The average molecular weight is 356 g/mol. The summed E-state index contributed by atoms with van der Waals surface area (Å²) < 4.78 is 19.5. The van der Waals surface area contributed by atoms with Crippen LogP contribution < -0.4 is 10.7 Å². The van der Waals surface area contributed by atoms with Crippen LogP contribution in [0.1, 0.15) is 0 Å². The zero-order valence-corrected chi connectivity index (χ0v) is 14.0. The van der Waals surface area contributed by atoms with Crippen molar-refractivity contribution in [2.45, 2.75) is 6.67 Å². The van der Waals surface area contributed by atoms with Gasteiger partial charge in [0.1, 0.15) is 12.5 Å². The predicted octanol–water partition coefficient (Wildman–Crippen LogP) is 1.21. The molecule has 3 heterocycles. The van der Waals surface area contributed by atoms with Crippen LogP contribution in [0.15, 0.2) is 51.9 Å². The third kappa shape index (κ3) is 3.47. The third-order valence-electron chi connectivity index (χ3n) is 4.24. The molecule has 1 fully saturated rings. The molecule has 9 heteroatoms. The zero-order valence-electron chi connectivity index (χ0n) is 14.0. The molecule has 0 spiro atoms. The zero-order chi connectivity index (χ0) is 17.9. The number of rotatable bonds is 4. The van der Waals surface area contributed by atoms with Gasteiger partial charge in [0.05, 0.1) is 0 Å². The van der Waals surface area contributed by atoms with Gasteiger partial charge in [-0.2, -0.15) is 4.68 Å². The van der Waals surface area contributed by atoms with Gasteiger partial charge in [0, 0.05) is 44.1 Å². The van der Waals surface area contributed by atoms with Crippen LogP contribution in [0.25, 0.3) is 11.5 Å². The maximum absolute atomic E-state index is 13.0. The van der Waals surface area contributed by atoms with E-state index in [0.717, 1.165) is 26.2 Å². The summed E-state index contributed by atoms with van der Waals surface area (Å²) >= 11 is 0. The topological polar surface area (TPSA) is 80.3 Å². The number of benzene rings is 1. The van der Waals surface area contributed by atoms with Crippen LogP contribution in [0, 0.1) is 5.82 Å². The van der Waals surface area contributed by atoms with Crippen molar-refractivity contribution in [2.75, 3.05) is 31.1 Å². The molecule has 1 aromatic carbocycles. The lowest BCUT2D eigenvalue weighted by molar-refractivity contribution is 0.189. The Morgan fingerprint density at radius 1 is 1.04 bits per heavy atom. The highest BCUT2D eigenvalue weighted by Gasteiger charge is 2.20. The fourth-order valence-electron chi connectivity index (χ4n) is 2.84. The van der Waals surface area contributed by atoms with Gasteiger partial charge in [-0.1, -0.05) is 0 Å². The summed E-state index contributed by atoms with van der Waals surface area (Å²) in [6.45, 7) is 3.38. The molecule has 26 heavy (non-hydrogen) atoms. The van der Waals surface area contributed by atoms with Gasteiger partial charge in [0.2, 0.25) is 11.8 Å². The number of nitrogens with zero attached hydrogens (tertiary/aromatic N) is 6. The van der Waals surface area contributed by atoms with Crippen LogP contribution in [0.3, 0.4) is 0 Å². The number of piperazine rings is 1. The molecule has 0 N–H and O–H groups in total. The highest BCUT2D eigenvalue weighted by atomic mass is 19.1. The molecule has 2 aromatic heterocycles. The molecule has 8 nitrogen and oxygen atoms in total. The largest absolute Gasteiger partial charge is 0.438 e. The minimum absolute atomic E-state index is 0.186. The van der Waals surface area contributed by atoms with E-state index in [0.29, 0.717) is 18.2 Å². The van der Waals surface area contributed by atoms with Gasteiger partial charge < -0.3 is 9.32 Å². The monoisotopic (exact) mass is 356 g/mol. The summed E-state index contributed by atoms with van der Waals surface area (Å²) in [5.41, 5.74) is 0.563. The van der Waals surface area contributed by atoms with E-state index in [-0.39, 0.29) is 11.7 Å². The second kappa shape index (κ2) is 7.04. The van der Waals surface area contributed by atoms with E-state index >= 15 is 0 Å². The van der Waals surface area contributed by atoms with E-state index in [2.05, 4.69) is 24.9 Å². The number of aromatic nitrogens is 4. The fraction of sp³-hybridized carbons (Fsp3) is 0.294. The van der Waals surface area contributed by atoms with Crippen molar-refractivity contribution in [3.63, 3.8) is 0 Å². The van der Waals surface area contributed by atoms with Gasteiger partial charge in [-0.3, -0.25) is 4.90 Å². The van der Waals surface area contributed by atoms with Crippen LogP contribution in [0.2, 0.25) is 0 Å². The molecule has 3 aromatic rings. The lowest BCUT2D eigenvalue weighted by atomic mass is 10.2. The first-order valence-corrected chi connectivity index (χ1v) is 8.27. The highest BCUT2D eigenvalue weighted by Crippen LogP contribution is 2.16. The summed E-state index contributed by atoms with van der Waals surface area (Å²) in [4.78, 5) is 24.8. The van der Waals surface area contributed by atoms with Crippen molar-refractivity contribution in [2.24, 2.45) is 0 Å². The summed E-state index contributed by atoms with van der Waals surface area (Å²) in [7, 11) is 0. The highest BCUT2D eigenvalue weighted by molar-refractivity contribution is 5.51. The maximum atomic E-state index is 13.0. The van der Waals surface area contributed by atoms with E-state index in [1.54, 1.807) is 18.5 Å². The molecular formula is C17H17FN6O2. The summed E-state index contributed by atoms with van der Waals surface area (Å²) in [5, 5.41) is 4.22. The summed E-state index contributed by atoms with van der Waals surface area (Å²) in [6, 6.07) is 7.46. The standard InChI is InChI=1S/C17H17FN6O2/c18-14-4-2-13(3-5-14)15-21-24(17(25)26-15)12-22-8-10-23(11-9-22)16-19-6-1-7-20-16/h1-7H,8-12H2. The quantitative estimate of drug-likeness (QED) is 0.695. The lowest BCUT2D eigenvalue weighted by Crippen LogP contribution is -2.48. The van der Waals surface area contributed by atoms with Gasteiger partial charge in [0.15, 0.2) is 0 Å². The lowest BCUT2D eigenvalue weighted by Gasteiger charge is -2.34. The van der Waals surface area contributed by atoms with Gasteiger partial charge in [-0.25, -0.2) is 19.2 Å². The molecular weight excluding hydrogens is 339 g/mol.